The molecule has 0 radical (unpaired) electrons. The zero-order valence-electron chi connectivity index (χ0n) is 10.3. The van der Waals surface area contributed by atoms with Crippen molar-refractivity contribution in [3.05, 3.63) is 29.8 Å². The Morgan fingerprint density at radius 1 is 1.32 bits per heavy atom. The molecule has 0 fully saturated rings. The molecule has 0 aliphatic carbocycles. The van der Waals surface area contributed by atoms with E-state index in [4.69, 9.17) is 16.2 Å². The van der Waals surface area contributed by atoms with Gasteiger partial charge in [-0.2, -0.15) is 0 Å². The summed E-state index contributed by atoms with van der Waals surface area (Å²) in [5.74, 6) is -0.796. The fourth-order valence-corrected chi connectivity index (χ4v) is 2.53. The number of benzene rings is 1. The highest BCUT2D eigenvalue weighted by Crippen LogP contribution is 2.13. The summed E-state index contributed by atoms with van der Waals surface area (Å²) in [5, 5.41) is 0. The molecule has 0 aliphatic rings. The maximum absolute atomic E-state index is 11.7. The summed E-state index contributed by atoms with van der Waals surface area (Å²) in [5.41, 5.74) is 11.5. The number of primary amides is 1. The lowest BCUT2D eigenvalue weighted by atomic mass is 10.2. The van der Waals surface area contributed by atoms with Gasteiger partial charge in [-0.1, -0.05) is 18.2 Å². The number of amides is 1. The third kappa shape index (κ3) is 6.18. The first-order valence-corrected chi connectivity index (χ1v) is 7.23. The monoisotopic (exact) mass is 287 g/mol. The quantitative estimate of drug-likeness (QED) is 0.426. The molecule has 5 N–H and O–H groups in total. The molecule has 0 heterocycles. The van der Waals surface area contributed by atoms with Crippen LogP contribution in [0.25, 0.3) is 0 Å². The highest BCUT2D eigenvalue weighted by Gasteiger charge is 2.12. The average molecular weight is 287 g/mol. The fourth-order valence-electron chi connectivity index (χ4n) is 1.36. The number of para-hydroxylation sites is 1. The van der Waals surface area contributed by atoms with Crippen LogP contribution in [-0.2, 0) is 25.3 Å². The zero-order valence-corrected chi connectivity index (χ0v) is 11.2. The molecular formula is C11H17N3O4S. The van der Waals surface area contributed by atoms with Gasteiger partial charge in [-0.15, -0.1) is 0 Å². The van der Waals surface area contributed by atoms with E-state index in [0.717, 1.165) is 0 Å². The number of rotatable bonds is 8. The van der Waals surface area contributed by atoms with Gasteiger partial charge in [0.1, 0.15) is 6.61 Å². The number of nitrogens with one attached hydrogen (secondary N) is 1. The predicted octanol–water partition coefficient (Wildman–Crippen LogP) is -0.810. The molecule has 0 atom stereocenters. The Labute approximate surface area is 112 Å². The van der Waals surface area contributed by atoms with Crippen LogP contribution in [0.3, 0.4) is 0 Å². The molecule has 1 aromatic rings. The Kier molecular flexibility index (Phi) is 5.74. The van der Waals surface area contributed by atoms with Gasteiger partial charge in [0.05, 0.1) is 12.4 Å². The molecule has 0 aliphatic heterocycles. The molecule has 1 aromatic carbocycles. The summed E-state index contributed by atoms with van der Waals surface area (Å²) in [7, 11) is -3.48. The number of hydrogen-bond acceptors (Lipinski definition) is 5. The normalized spacial score (nSPS) is 11.4. The lowest BCUT2D eigenvalue weighted by Gasteiger charge is -2.08. The van der Waals surface area contributed by atoms with Crippen LogP contribution in [0.5, 0.6) is 0 Å². The standard InChI is InChI=1S/C11H17N3O4S/c12-10-4-2-1-3-9(10)8-19(16,17)14-5-6-18-7-11(13)15/h1-4,14H,5-8,12H2,(H2,13,15). The molecule has 19 heavy (non-hydrogen) atoms. The van der Waals surface area contributed by atoms with E-state index in [1.54, 1.807) is 24.3 Å². The fraction of sp³-hybridized carbons (Fsp3) is 0.364. The average Bonchev–Trinajstić information content (AvgIpc) is 2.31. The highest BCUT2D eigenvalue weighted by molar-refractivity contribution is 7.88. The van der Waals surface area contributed by atoms with E-state index in [9.17, 15) is 13.2 Å². The van der Waals surface area contributed by atoms with Crippen molar-refractivity contribution in [1.82, 2.24) is 4.72 Å². The smallest absolute Gasteiger partial charge is 0.243 e. The van der Waals surface area contributed by atoms with Crippen LogP contribution >= 0.6 is 0 Å². The lowest BCUT2D eigenvalue weighted by molar-refractivity contribution is -0.122. The SMILES string of the molecule is NC(=O)COCCNS(=O)(=O)Cc1ccccc1N. The van der Waals surface area contributed by atoms with Crippen LogP contribution in [0.2, 0.25) is 0 Å². The molecule has 8 heteroatoms. The van der Waals surface area contributed by atoms with E-state index >= 15 is 0 Å². The highest BCUT2D eigenvalue weighted by atomic mass is 32.2. The number of nitrogen functional groups attached to an aromatic ring is 1. The maximum Gasteiger partial charge on any atom is 0.243 e. The van der Waals surface area contributed by atoms with Crippen LogP contribution in [0.1, 0.15) is 5.56 Å². The maximum atomic E-state index is 11.7. The Hall–Kier alpha value is -1.64. The van der Waals surface area contributed by atoms with Crippen molar-refractivity contribution >= 4 is 21.6 Å². The first-order valence-electron chi connectivity index (χ1n) is 5.57. The van der Waals surface area contributed by atoms with Crippen molar-refractivity contribution in [2.24, 2.45) is 5.73 Å². The summed E-state index contributed by atoms with van der Waals surface area (Å²) in [6, 6.07) is 6.74. The lowest BCUT2D eigenvalue weighted by Crippen LogP contribution is -2.30. The first kappa shape index (κ1) is 15.4. The van der Waals surface area contributed by atoms with Crippen molar-refractivity contribution in [3.8, 4) is 0 Å². The predicted molar refractivity (Wildman–Crippen MR) is 71.5 cm³/mol. The molecule has 0 aromatic heterocycles. The van der Waals surface area contributed by atoms with Crippen molar-refractivity contribution in [2.75, 3.05) is 25.5 Å². The van der Waals surface area contributed by atoms with Crippen LogP contribution in [0.15, 0.2) is 24.3 Å². The van der Waals surface area contributed by atoms with Gasteiger partial charge >= 0.3 is 0 Å². The second kappa shape index (κ2) is 7.07. The van der Waals surface area contributed by atoms with Gasteiger partial charge in [0.15, 0.2) is 0 Å². The molecule has 106 valence electrons. The van der Waals surface area contributed by atoms with Gasteiger partial charge in [0.2, 0.25) is 15.9 Å². The number of carbonyl (C=O) groups is 1. The molecule has 0 unspecified atom stereocenters. The van der Waals surface area contributed by atoms with Crippen molar-refractivity contribution in [2.45, 2.75) is 5.75 Å². The van der Waals surface area contributed by atoms with E-state index < -0.39 is 15.9 Å². The van der Waals surface area contributed by atoms with Gasteiger partial charge in [-0.05, 0) is 11.6 Å². The molecule has 0 bridgehead atoms. The number of ether oxygens (including phenoxy) is 1. The minimum absolute atomic E-state index is 0.0718. The van der Waals surface area contributed by atoms with Crippen LogP contribution in [0, 0.1) is 0 Å². The molecule has 1 amide bonds. The van der Waals surface area contributed by atoms with Crippen LogP contribution in [0.4, 0.5) is 5.69 Å². The molecule has 0 saturated heterocycles. The van der Waals surface area contributed by atoms with Crippen molar-refractivity contribution in [1.29, 1.82) is 0 Å². The Bertz CT molecular complexity index is 530. The number of carbonyl (C=O) groups excluding carboxylic acids is 1. The van der Waals surface area contributed by atoms with Gasteiger partial charge in [0.25, 0.3) is 0 Å². The summed E-state index contributed by atoms with van der Waals surface area (Å²) in [4.78, 5) is 10.4. The Morgan fingerprint density at radius 2 is 2.00 bits per heavy atom. The third-order valence-electron chi connectivity index (χ3n) is 2.21. The van der Waals surface area contributed by atoms with Gasteiger partial charge in [0, 0.05) is 12.2 Å². The van der Waals surface area contributed by atoms with Gasteiger partial charge < -0.3 is 16.2 Å². The summed E-state index contributed by atoms with van der Waals surface area (Å²) >= 11 is 0. The van der Waals surface area contributed by atoms with E-state index in [-0.39, 0.29) is 25.5 Å². The topological polar surface area (TPSA) is 125 Å². The third-order valence-corrected chi connectivity index (χ3v) is 3.55. The second-order valence-electron chi connectivity index (χ2n) is 3.87. The van der Waals surface area contributed by atoms with Crippen molar-refractivity contribution < 1.29 is 17.9 Å². The van der Waals surface area contributed by atoms with E-state index in [1.807, 2.05) is 0 Å². The van der Waals surface area contributed by atoms with Crippen molar-refractivity contribution in [3.63, 3.8) is 0 Å². The number of anilines is 1. The number of sulfonamides is 1. The summed E-state index contributed by atoms with van der Waals surface area (Å²) in [6.07, 6.45) is 0. The molecule has 0 saturated carbocycles. The number of nitrogens with two attached hydrogens (primary N) is 2. The Morgan fingerprint density at radius 3 is 2.63 bits per heavy atom. The summed E-state index contributed by atoms with van der Waals surface area (Å²) < 4.78 is 30.7. The van der Waals surface area contributed by atoms with E-state index in [1.165, 1.54) is 0 Å². The zero-order chi connectivity index (χ0) is 14.3. The minimum Gasteiger partial charge on any atom is -0.398 e. The largest absolute Gasteiger partial charge is 0.398 e. The molecule has 1 rings (SSSR count). The van der Waals surface area contributed by atoms with E-state index in [0.29, 0.717) is 11.3 Å². The van der Waals surface area contributed by atoms with Crippen LogP contribution < -0.4 is 16.2 Å². The van der Waals surface area contributed by atoms with Gasteiger partial charge in [-0.3, -0.25) is 4.79 Å². The number of hydrogen-bond donors (Lipinski definition) is 3. The second-order valence-corrected chi connectivity index (χ2v) is 5.68. The molecule has 0 spiro atoms. The molecule has 7 nitrogen and oxygen atoms in total. The molecular weight excluding hydrogens is 270 g/mol. The van der Waals surface area contributed by atoms with E-state index in [2.05, 4.69) is 4.72 Å². The minimum atomic E-state index is -3.48. The summed E-state index contributed by atoms with van der Waals surface area (Å²) in [6.45, 7) is -0.0812. The van der Waals surface area contributed by atoms with Crippen LogP contribution in [-0.4, -0.2) is 34.1 Å². The first-order chi connectivity index (χ1) is 8.91. The van der Waals surface area contributed by atoms with Gasteiger partial charge in [-0.25, -0.2) is 13.1 Å². The Balaban J connectivity index is 2.40.